The van der Waals surface area contributed by atoms with E-state index in [4.69, 9.17) is 28.4 Å². The van der Waals surface area contributed by atoms with Crippen molar-refractivity contribution in [2.45, 2.75) is 109 Å². The molecule has 0 spiro atoms. The van der Waals surface area contributed by atoms with Gasteiger partial charge in [0, 0.05) is 12.0 Å². The van der Waals surface area contributed by atoms with Gasteiger partial charge in [-0.05, 0) is 66.4 Å². The number of esters is 1. The summed E-state index contributed by atoms with van der Waals surface area (Å²) in [4.78, 5) is 29.9. The van der Waals surface area contributed by atoms with Gasteiger partial charge in [0.15, 0.2) is 18.5 Å². The molecule has 9 heteroatoms. The predicted octanol–water partition coefficient (Wildman–Crippen LogP) is 6.53. The summed E-state index contributed by atoms with van der Waals surface area (Å²) in [7, 11) is 0. The van der Waals surface area contributed by atoms with Crippen LogP contribution < -0.4 is 0 Å². The monoisotopic (exact) mass is 712 g/mol. The molecule has 4 aliphatic heterocycles. The maximum absolute atomic E-state index is 15.8. The summed E-state index contributed by atoms with van der Waals surface area (Å²) in [5.41, 5.74) is -0.395. The van der Waals surface area contributed by atoms with Crippen LogP contribution in [0.1, 0.15) is 83.5 Å². The second kappa shape index (κ2) is 12.6. The van der Waals surface area contributed by atoms with E-state index in [1.165, 1.54) is 0 Å². The molecule has 2 aromatic rings. The molecule has 4 heterocycles. The highest BCUT2D eigenvalue weighted by Crippen LogP contribution is 2.83. The van der Waals surface area contributed by atoms with Crippen LogP contribution in [0.5, 0.6) is 0 Å². The van der Waals surface area contributed by atoms with E-state index in [0.29, 0.717) is 25.4 Å². The number of fused-ring (bicyclic) bond motifs is 2. The number of benzene rings is 2. The lowest BCUT2D eigenvalue weighted by Crippen LogP contribution is -2.66. The van der Waals surface area contributed by atoms with Gasteiger partial charge in [0.2, 0.25) is 0 Å². The average molecular weight is 713 g/mol. The lowest BCUT2D eigenvalue weighted by atomic mass is 9.43. The van der Waals surface area contributed by atoms with Crippen molar-refractivity contribution in [1.82, 2.24) is 0 Å². The molecule has 0 radical (unpaired) electrons. The third-order valence-corrected chi connectivity index (χ3v) is 14.3. The smallest absolute Gasteiger partial charge is 0.318 e. The molecule has 4 aliphatic carbocycles. The van der Waals surface area contributed by atoms with Crippen LogP contribution in [-0.4, -0.2) is 67.3 Å². The van der Waals surface area contributed by atoms with E-state index in [-0.39, 0.29) is 36.2 Å². The van der Waals surface area contributed by atoms with E-state index >= 15 is 4.79 Å². The first-order valence-corrected chi connectivity index (χ1v) is 19.6. The first-order chi connectivity index (χ1) is 25.2. The number of rotatable bonds is 13. The molecule has 2 aromatic carbocycles. The number of hydrogen-bond donors (Lipinski definition) is 1. The third kappa shape index (κ3) is 4.50. The standard InChI is InChI=1S/C43H52O9/c1-5-6-19-47-34-35-37(45)43(51-36(34)38(49-35)52-43)48-24-41-22-30-26(4)17-18-31(30)40(23-44)21-29(41)20-32(25(2)3)42(40,41)39(46)50-33(27-13-9-7-10-14-27)28-15-11-8-12-16-28/h7-16,20,23,25-26,29-31,33-38,45H,5-6,17-19,21-22,24H2,1-4H3. The summed E-state index contributed by atoms with van der Waals surface area (Å²) in [6.45, 7) is 9.21. The number of aldehydes is 1. The molecular weight excluding hydrogens is 660 g/mol. The van der Waals surface area contributed by atoms with Gasteiger partial charge in [-0.15, -0.1) is 0 Å². The van der Waals surface area contributed by atoms with Crippen molar-refractivity contribution in [2.75, 3.05) is 13.2 Å². The van der Waals surface area contributed by atoms with Crippen LogP contribution in [0.25, 0.3) is 0 Å². The van der Waals surface area contributed by atoms with Crippen molar-refractivity contribution in [3.05, 3.63) is 83.4 Å². The van der Waals surface area contributed by atoms with Gasteiger partial charge in [0.25, 0.3) is 0 Å². The summed E-state index contributed by atoms with van der Waals surface area (Å²) in [6.07, 6.45) is 4.12. The quantitative estimate of drug-likeness (QED) is 0.107. The summed E-state index contributed by atoms with van der Waals surface area (Å²) >= 11 is 0. The molecular formula is C43H52O9. The minimum absolute atomic E-state index is 0.0253. The molecule has 0 amide bonds. The van der Waals surface area contributed by atoms with Crippen molar-refractivity contribution in [3.8, 4) is 0 Å². The maximum Gasteiger partial charge on any atom is 0.318 e. The number of carbonyl (C=O) groups excluding carboxylic acids is 2. The van der Waals surface area contributed by atoms with Gasteiger partial charge in [-0.25, -0.2) is 0 Å². The Hall–Kier alpha value is -2.92. The summed E-state index contributed by atoms with van der Waals surface area (Å²) in [5.74, 6) is -1.60. The molecule has 13 atom stereocenters. The predicted molar refractivity (Wildman–Crippen MR) is 189 cm³/mol. The van der Waals surface area contributed by atoms with Crippen molar-refractivity contribution in [3.63, 3.8) is 0 Å². The Morgan fingerprint density at radius 1 is 1.00 bits per heavy atom. The largest absolute Gasteiger partial charge is 0.452 e. The topological polar surface area (TPSA) is 110 Å². The van der Waals surface area contributed by atoms with Crippen molar-refractivity contribution < 1.29 is 43.1 Å². The highest BCUT2D eigenvalue weighted by atomic mass is 17.0. The Morgan fingerprint density at radius 2 is 1.71 bits per heavy atom. The first-order valence-electron chi connectivity index (χ1n) is 19.6. The highest BCUT2D eigenvalue weighted by Gasteiger charge is 2.85. The molecule has 10 rings (SSSR count). The molecule has 1 N–H and O–H groups in total. The summed E-state index contributed by atoms with van der Waals surface area (Å²) in [5, 5.41) is 11.8. The Bertz CT molecular complexity index is 1670. The van der Waals surface area contributed by atoms with Gasteiger partial charge in [-0.1, -0.05) is 113 Å². The molecule has 4 saturated heterocycles. The number of carbonyl (C=O) groups is 2. The Balaban J connectivity index is 1.13. The average Bonchev–Trinajstić information content (AvgIpc) is 3.89. The minimum atomic E-state index is -1.76. The maximum atomic E-state index is 15.8. The van der Waals surface area contributed by atoms with E-state index in [1.54, 1.807) is 0 Å². The number of hydrogen-bond acceptors (Lipinski definition) is 9. The normalized spacial score (nSPS) is 43.4. The fourth-order valence-corrected chi connectivity index (χ4v) is 12.2. The number of allylic oxidation sites excluding steroid dienone is 1. The number of aliphatic hydroxyl groups excluding tert-OH is 1. The van der Waals surface area contributed by atoms with Gasteiger partial charge in [-0.3, -0.25) is 9.53 Å². The van der Waals surface area contributed by atoms with Crippen molar-refractivity contribution in [2.24, 2.45) is 45.8 Å². The van der Waals surface area contributed by atoms with Crippen LogP contribution in [0.3, 0.4) is 0 Å². The van der Waals surface area contributed by atoms with E-state index in [2.05, 4.69) is 33.8 Å². The molecule has 3 saturated carbocycles. The van der Waals surface area contributed by atoms with Crippen LogP contribution in [-0.2, 0) is 38.0 Å². The first kappa shape index (κ1) is 34.8. The molecule has 278 valence electrons. The van der Waals surface area contributed by atoms with Crippen molar-refractivity contribution >= 4 is 12.3 Å². The SMILES string of the molecule is CCCCOC1C2OC3(OCC45CC6C(C)CCC6C6(C=O)CC4C=C(C(C)C)C65C(=O)OC(c4ccccc4)c4ccccc4)OC2OC1C3O. The molecule has 52 heavy (non-hydrogen) atoms. The van der Waals surface area contributed by atoms with Crippen LogP contribution in [0, 0.1) is 45.8 Å². The lowest BCUT2D eigenvalue weighted by Gasteiger charge is -2.59. The minimum Gasteiger partial charge on any atom is -0.452 e. The third-order valence-electron chi connectivity index (χ3n) is 14.3. The number of unbranched alkanes of at least 4 members (excludes halogenated alkanes) is 1. The van der Waals surface area contributed by atoms with E-state index in [0.717, 1.165) is 48.7 Å². The van der Waals surface area contributed by atoms with Crippen LogP contribution >= 0.6 is 0 Å². The van der Waals surface area contributed by atoms with Gasteiger partial charge < -0.3 is 33.6 Å². The molecule has 13 unspecified atom stereocenters. The fraction of sp³-hybridized carbons (Fsp3) is 0.628. The molecule has 7 fully saturated rings. The lowest BCUT2D eigenvalue weighted by molar-refractivity contribution is -0.448. The number of ether oxygens (including phenoxy) is 6. The Morgan fingerprint density at radius 3 is 2.37 bits per heavy atom. The highest BCUT2D eigenvalue weighted by molar-refractivity contribution is 5.92. The molecule has 8 aliphatic rings. The zero-order chi connectivity index (χ0) is 36.0. The van der Waals surface area contributed by atoms with Crippen LogP contribution in [0.4, 0.5) is 0 Å². The second-order valence-corrected chi connectivity index (χ2v) is 17.0. The van der Waals surface area contributed by atoms with E-state index in [9.17, 15) is 9.90 Å². The number of aliphatic hydroxyl groups is 1. The molecule has 0 aromatic heterocycles. The van der Waals surface area contributed by atoms with E-state index < -0.39 is 59.0 Å². The Kier molecular flexibility index (Phi) is 8.42. The molecule has 8 bridgehead atoms. The van der Waals surface area contributed by atoms with Gasteiger partial charge in [0.1, 0.15) is 30.0 Å². The van der Waals surface area contributed by atoms with Crippen LogP contribution in [0.2, 0.25) is 0 Å². The zero-order valence-electron chi connectivity index (χ0n) is 30.6. The zero-order valence-corrected chi connectivity index (χ0v) is 30.6. The van der Waals surface area contributed by atoms with Gasteiger partial charge >= 0.3 is 11.9 Å². The summed E-state index contributed by atoms with van der Waals surface area (Å²) < 4.78 is 38.6. The molecule has 9 nitrogen and oxygen atoms in total. The van der Waals surface area contributed by atoms with E-state index in [1.807, 2.05) is 60.7 Å². The van der Waals surface area contributed by atoms with Crippen LogP contribution in [0.15, 0.2) is 72.3 Å². The van der Waals surface area contributed by atoms with Crippen molar-refractivity contribution in [1.29, 1.82) is 0 Å². The van der Waals surface area contributed by atoms with Gasteiger partial charge in [-0.2, -0.15) is 0 Å². The second-order valence-electron chi connectivity index (χ2n) is 17.0. The Labute approximate surface area is 306 Å². The van der Waals surface area contributed by atoms with Gasteiger partial charge in [0.05, 0.1) is 12.0 Å². The fourth-order valence-electron chi connectivity index (χ4n) is 12.2. The summed E-state index contributed by atoms with van der Waals surface area (Å²) in [6, 6.07) is 19.7.